The van der Waals surface area contributed by atoms with E-state index in [1.807, 2.05) is 0 Å². The fourth-order valence-corrected chi connectivity index (χ4v) is 5.53. The van der Waals surface area contributed by atoms with E-state index in [0.29, 0.717) is 22.0 Å². The third-order valence-electron chi connectivity index (χ3n) is 6.47. The van der Waals surface area contributed by atoms with E-state index >= 15 is 0 Å². The Morgan fingerprint density at radius 3 is 2.41 bits per heavy atom. The second kappa shape index (κ2) is 11.0. The summed E-state index contributed by atoms with van der Waals surface area (Å²) in [5, 5.41) is 10.3. The van der Waals surface area contributed by atoms with Crippen molar-refractivity contribution >= 4 is 69.5 Å². The van der Waals surface area contributed by atoms with Gasteiger partial charge in [0, 0.05) is 15.7 Å². The van der Waals surface area contributed by atoms with E-state index < -0.39 is 29.5 Å². The van der Waals surface area contributed by atoms with Crippen LogP contribution in [0.25, 0.3) is 4.85 Å². The van der Waals surface area contributed by atoms with Gasteiger partial charge in [-0.25, -0.2) is 4.85 Å². The lowest BCUT2D eigenvalue weighted by atomic mass is 10.0. The Hall–Kier alpha value is -2.78. The highest BCUT2D eigenvalue weighted by Gasteiger charge is 2.50. The van der Waals surface area contributed by atoms with Gasteiger partial charge < -0.3 is 24.2 Å². The average Bonchev–Trinajstić information content (AvgIpc) is 3.27. The standard InChI is InChI=1S/C27H27Cl2N3O6S/c1-26(2)24(35)31(16-7-9-20(30-5)19(29)12-16)25(39)32(26)17-6-8-18(28)15(10-17)11-23(34)36-14-22-21(13-33)37-27(3,4)38-22/h6-10,12,21-22,33H,11,13-14H2,1-4H3/t21-,22-/m1/s1. The molecule has 1 N–H and O–H groups in total. The minimum Gasteiger partial charge on any atom is -0.463 e. The number of anilines is 2. The Bertz CT molecular complexity index is 1380. The lowest BCUT2D eigenvalue weighted by Crippen LogP contribution is -2.44. The van der Waals surface area contributed by atoms with Crippen molar-refractivity contribution in [2.24, 2.45) is 0 Å². The second-order valence-electron chi connectivity index (χ2n) is 10.1. The third kappa shape index (κ3) is 5.75. The summed E-state index contributed by atoms with van der Waals surface area (Å²) in [6, 6.07) is 9.73. The number of halogens is 2. The van der Waals surface area contributed by atoms with Crippen molar-refractivity contribution in [2.75, 3.05) is 23.0 Å². The van der Waals surface area contributed by atoms with Gasteiger partial charge in [-0.15, -0.1) is 0 Å². The molecule has 2 aliphatic heterocycles. The first-order chi connectivity index (χ1) is 18.3. The van der Waals surface area contributed by atoms with Gasteiger partial charge in [-0.2, -0.15) is 0 Å². The van der Waals surface area contributed by atoms with E-state index in [9.17, 15) is 14.7 Å². The molecule has 1 amide bonds. The van der Waals surface area contributed by atoms with E-state index in [0.717, 1.165) is 0 Å². The van der Waals surface area contributed by atoms with E-state index in [2.05, 4.69) is 4.85 Å². The molecule has 0 aliphatic carbocycles. The van der Waals surface area contributed by atoms with Crippen LogP contribution in [0.5, 0.6) is 0 Å². The van der Waals surface area contributed by atoms with Gasteiger partial charge in [0.25, 0.3) is 5.91 Å². The number of hydrogen-bond donors (Lipinski definition) is 1. The fourth-order valence-electron chi connectivity index (χ4n) is 4.60. The number of esters is 1. The summed E-state index contributed by atoms with van der Waals surface area (Å²) in [5.41, 5.74) is 0.686. The largest absolute Gasteiger partial charge is 0.463 e. The molecular formula is C27H27Cl2N3O6S. The molecule has 39 heavy (non-hydrogen) atoms. The van der Waals surface area contributed by atoms with Gasteiger partial charge in [0.2, 0.25) is 5.69 Å². The van der Waals surface area contributed by atoms with Crippen LogP contribution >= 0.6 is 35.4 Å². The van der Waals surface area contributed by atoms with Crippen molar-refractivity contribution in [1.82, 2.24) is 0 Å². The maximum Gasteiger partial charge on any atom is 0.310 e. The van der Waals surface area contributed by atoms with Crippen molar-refractivity contribution in [1.29, 1.82) is 0 Å². The summed E-state index contributed by atoms with van der Waals surface area (Å²) in [6.07, 6.45) is -1.35. The molecule has 2 heterocycles. The topological polar surface area (TPSA) is 92.9 Å². The number of benzene rings is 2. The number of aliphatic hydroxyl groups is 1. The van der Waals surface area contributed by atoms with Crippen LogP contribution < -0.4 is 9.80 Å². The van der Waals surface area contributed by atoms with Crippen molar-refractivity contribution in [3.8, 4) is 0 Å². The van der Waals surface area contributed by atoms with Crippen LogP contribution in [0.1, 0.15) is 33.3 Å². The summed E-state index contributed by atoms with van der Waals surface area (Å²) < 4.78 is 16.7. The molecule has 2 aromatic rings. The Morgan fingerprint density at radius 1 is 1.10 bits per heavy atom. The Labute approximate surface area is 241 Å². The first-order valence-electron chi connectivity index (χ1n) is 12.1. The first-order valence-corrected chi connectivity index (χ1v) is 13.2. The third-order valence-corrected chi connectivity index (χ3v) is 7.51. The Kier molecular flexibility index (Phi) is 8.24. The van der Waals surface area contributed by atoms with Gasteiger partial charge in [0.15, 0.2) is 10.9 Å². The van der Waals surface area contributed by atoms with Crippen LogP contribution in [-0.2, 0) is 30.2 Å². The van der Waals surface area contributed by atoms with Gasteiger partial charge in [0.05, 0.1) is 25.3 Å². The van der Waals surface area contributed by atoms with Crippen LogP contribution in [0, 0.1) is 6.57 Å². The van der Waals surface area contributed by atoms with Crippen LogP contribution in [0.4, 0.5) is 17.1 Å². The molecule has 0 radical (unpaired) electrons. The molecule has 0 spiro atoms. The number of thiocarbonyl (C=S) groups is 1. The molecule has 0 unspecified atom stereocenters. The lowest BCUT2D eigenvalue weighted by Gasteiger charge is -2.30. The predicted octanol–water partition coefficient (Wildman–Crippen LogP) is 5.06. The minimum absolute atomic E-state index is 0.0909. The highest BCUT2D eigenvalue weighted by molar-refractivity contribution is 7.81. The molecule has 2 fully saturated rings. The Balaban J connectivity index is 1.53. The predicted molar refractivity (Wildman–Crippen MR) is 151 cm³/mol. The monoisotopic (exact) mass is 591 g/mol. The number of ether oxygens (including phenoxy) is 3. The smallest absolute Gasteiger partial charge is 0.310 e. The molecule has 0 saturated carbocycles. The van der Waals surface area contributed by atoms with Gasteiger partial charge >= 0.3 is 5.97 Å². The van der Waals surface area contributed by atoms with Gasteiger partial charge in [-0.3, -0.25) is 14.5 Å². The Morgan fingerprint density at radius 2 is 1.77 bits per heavy atom. The van der Waals surface area contributed by atoms with E-state index in [1.54, 1.807) is 56.9 Å². The van der Waals surface area contributed by atoms with Gasteiger partial charge in [0.1, 0.15) is 24.4 Å². The maximum absolute atomic E-state index is 13.5. The highest BCUT2D eigenvalue weighted by atomic mass is 35.5. The number of carbonyl (C=O) groups excluding carboxylic acids is 2. The molecule has 2 aromatic carbocycles. The number of carbonyl (C=O) groups is 2. The molecule has 2 atom stereocenters. The molecule has 206 valence electrons. The maximum atomic E-state index is 13.5. The molecular weight excluding hydrogens is 565 g/mol. The molecule has 0 aromatic heterocycles. The SMILES string of the molecule is [C-]#[N+]c1ccc(N2C(=O)C(C)(C)N(c3ccc(Cl)c(CC(=O)OC[C@H]4OC(C)(C)O[C@@H]4CO)c3)C2=S)cc1Cl. The molecule has 4 rings (SSSR count). The molecule has 2 aliphatic rings. The van der Waals surface area contributed by atoms with Crippen molar-refractivity contribution in [2.45, 2.75) is 57.6 Å². The first kappa shape index (κ1) is 29.2. The highest BCUT2D eigenvalue weighted by Crippen LogP contribution is 2.39. The van der Waals surface area contributed by atoms with Gasteiger partial charge in [-0.1, -0.05) is 29.3 Å². The molecule has 2 saturated heterocycles. The summed E-state index contributed by atoms with van der Waals surface area (Å²) in [6.45, 7) is 13.8. The van der Waals surface area contributed by atoms with E-state index in [-0.39, 0.29) is 41.4 Å². The fraction of sp³-hybridized carbons (Fsp3) is 0.407. The van der Waals surface area contributed by atoms with Crippen LogP contribution in [0.3, 0.4) is 0 Å². The van der Waals surface area contributed by atoms with Crippen molar-refractivity contribution < 1.29 is 28.9 Å². The normalized spacial score (nSPS) is 21.8. The molecule has 0 bridgehead atoms. The number of amides is 1. The zero-order valence-electron chi connectivity index (χ0n) is 21.7. The summed E-state index contributed by atoms with van der Waals surface area (Å²) in [4.78, 5) is 32.6. The van der Waals surface area contributed by atoms with E-state index in [1.165, 1.54) is 17.0 Å². The number of rotatable bonds is 7. The van der Waals surface area contributed by atoms with Crippen LogP contribution in [0.2, 0.25) is 10.0 Å². The zero-order chi connectivity index (χ0) is 28.7. The lowest BCUT2D eigenvalue weighted by molar-refractivity contribution is -0.160. The van der Waals surface area contributed by atoms with Crippen molar-refractivity contribution in [3.63, 3.8) is 0 Å². The van der Waals surface area contributed by atoms with E-state index in [4.69, 9.17) is 56.2 Å². The van der Waals surface area contributed by atoms with Crippen LogP contribution in [0.15, 0.2) is 36.4 Å². The molecule has 9 nitrogen and oxygen atoms in total. The second-order valence-corrected chi connectivity index (χ2v) is 11.3. The number of nitrogens with zero attached hydrogens (tertiary/aromatic N) is 3. The quantitative estimate of drug-likeness (QED) is 0.271. The van der Waals surface area contributed by atoms with Crippen LogP contribution in [-0.4, -0.2) is 58.8 Å². The summed E-state index contributed by atoms with van der Waals surface area (Å²) >= 11 is 18.3. The zero-order valence-corrected chi connectivity index (χ0v) is 24.1. The summed E-state index contributed by atoms with van der Waals surface area (Å²) in [5.74, 6) is -1.72. The minimum atomic E-state index is -1.07. The number of aliphatic hydroxyl groups excluding tert-OH is 1. The van der Waals surface area contributed by atoms with Gasteiger partial charge in [-0.05, 0) is 75.8 Å². The average molecular weight is 593 g/mol. The summed E-state index contributed by atoms with van der Waals surface area (Å²) in [7, 11) is 0. The number of hydrogen-bond acceptors (Lipinski definition) is 7. The molecule has 12 heteroatoms. The van der Waals surface area contributed by atoms with Crippen molar-refractivity contribution in [3.05, 3.63) is 63.4 Å².